The lowest BCUT2D eigenvalue weighted by molar-refractivity contribution is 0.0912. The van der Waals surface area contributed by atoms with Crippen molar-refractivity contribution >= 4 is 17.5 Å². The molecule has 0 bridgehead atoms. The van der Waals surface area contributed by atoms with Crippen LogP contribution in [0, 0.1) is 0 Å². The molecule has 1 amide bonds. The van der Waals surface area contributed by atoms with Crippen molar-refractivity contribution in [1.82, 2.24) is 10.3 Å². The Hall–Kier alpha value is -3.38. The number of benzene rings is 2. The number of rotatable bonds is 8. The zero-order valence-electron chi connectivity index (χ0n) is 20.1. The highest BCUT2D eigenvalue weighted by atomic mass is 16.1. The smallest absolute Gasteiger partial charge is 0.255 e. The van der Waals surface area contributed by atoms with E-state index in [-0.39, 0.29) is 18.0 Å². The molecule has 178 valence electrons. The van der Waals surface area contributed by atoms with Gasteiger partial charge in [0.25, 0.3) is 5.91 Å². The number of carbonyl (C=O) groups excluding carboxylic acids is 1. The number of aromatic nitrogens is 1. The van der Waals surface area contributed by atoms with Crippen LogP contribution in [0.2, 0.25) is 0 Å². The molecule has 1 aliphatic rings. The highest BCUT2D eigenvalue weighted by Gasteiger charge is 2.26. The van der Waals surface area contributed by atoms with E-state index in [1.54, 1.807) is 0 Å². The summed E-state index contributed by atoms with van der Waals surface area (Å²) in [7, 11) is 0. The van der Waals surface area contributed by atoms with E-state index >= 15 is 0 Å². The Labute approximate surface area is 202 Å². The lowest BCUT2D eigenvalue weighted by atomic mass is 9.91. The zero-order valence-corrected chi connectivity index (χ0v) is 20.1. The summed E-state index contributed by atoms with van der Waals surface area (Å²) < 4.78 is 0. The van der Waals surface area contributed by atoms with Gasteiger partial charge in [0.15, 0.2) is 0 Å². The summed E-state index contributed by atoms with van der Waals surface area (Å²) >= 11 is 0. The van der Waals surface area contributed by atoms with Crippen molar-refractivity contribution in [2.24, 2.45) is 5.73 Å². The lowest BCUT2D eigenvalue weighted by Gasteiger charge is -2.30. The Kier molecular flexibility index (Phi) is 7.48. The van der Waals surface area contributed by atoms with Gasteiger partial charge in [0.2, 0.25) is 0 Å². The fourth-order valence-electron chi connectivity index (χ4n) is 4.45. The summed E-state index contributed by atoms with van der Waals surface area (Å²) in [6.45, 7) is 4.58. The second-order valence-electron chi connectivity index (χ2n) is 9.58. The van der Waals surface area contributed by atoms with E-state index in [1.807, 2.05) is 74.5 Å². The maximum atomic E-state index is 13.4. The van der Waals surface area contributed by atoms with Gasteiger partial charge in [-0.1, -0.05) is 73.5 Å². The topological polar surface area (TPSA) is 92.1 Å². The van der Waals surface area contributed by atoms with E-state index in [1.165, 1.54) is 12.8 Å². The molecule has 0 saturated heterocycles. The van der Waals surface area contributed by atoms with Crippen LogP contribution in [0.3, 0.4) is 0 Å². The van der Waals surface area contributed by atoms with Crippen LogP contribution in [0.25, 0.3) is 0 Å². The van der Waals surface area contributed by atoms with Crippen molar-refractivity contribution in [3.05, 3.63) is 89.5 Å². The molecular formula is C28H35N5O. The number of anilines is 2. The highest BCUT2D eigenvalue weighted by molar-refractivity contribution is 5.99. The molecular weight excluding hydrogens is 422 g/mol. The summed E-state index contributed by atoms with van der Waals surface area (Å²) in [6.07, 6.45) is 4.39. The van der Waals surface area contributed by atoms with Gasteiger partial charge < -0.3 is 21.7 Å². The van der Waals surface area contributed by atoms with Gasteiger partial charge in [-0.05, 0) is 49.9 Å². The first-order valence-corrected chi connectivity index (χ1v) is 12.1. The van der Waals surface area contributed by atoms with Crippen molar-refractivity contribution in [3.8, 4) is 0 Å². The quantitative estimate of drug-likeness (QED) is 0.380. The van der Waals surface area contributed by atoms with Gasteiger partial charge >= 0.3 is 0 Å². The second kappa shape index (κ2) is 10.7. The summed E-state index contributed by atoms with van der Waals surface area (Å²) in [4.78, 5) is 18.2. The summed E-state index contributed by atoms with van der Waals surface area (Å²) in [6, 6.07) is 24.1. The third-order valence-corrected chi connectivity index (χ3v) is 6.52. The molecule has 5 N–H and O–H groups in total. The molecule has 0 radical (unpaired) electrons. The Morgan fingerprint density at radius 3 is 2.35 bits per heavy atom. The molecule has 6 nitrogen and oxygen atoms in total. The van der Waals surface area contributed by atoms with Gasteiger partial charge in [0.1, 0.15) is 11.6 Å². The number of nitrogens with one attached hydrogen (secondary N) is 3. The SMILES string of the molecule is CC(C)(NC(=O)c1ccc(N[C@H]2CCCC[C@H]2N)nc1NCc1ccccc1)c1ccccc1. The molecule has 2 atom stereocenters. The summed E-state index contributed by atoms with van der Waals surface area (Å²) in [5, 5.41) is 10.1. The van der Waals surface area contributed by atoms with Crippen LogP contribution in [0.5, 0.6) is 0 Å². The van der Waals surface area contributed by atoms with Crippen LogP contribution in [0.1, 0.15) is 61.0 Å². The second-order valence-corrected chi connectivity index (χ2v) is 9.58. The molecule has 1 fully saturated rings. The molecule has 1 saturated carbocycles. The van der Waals surface area contributed by atoms with Gasteiger partial charge in [-0.2, -0.15) is 0 Å². The van der Waals surface area contributed by atoms with Crippen molar-refractivity contribution in [2.75, 3.05) is 10.6 Å². The molecule has 0 aliphatic heterocycles. The van der Waals surface area contributed by atoms with Crippen molar-refractivity contribution in [2.45, 2.75) is 63.7 Å². The first kappa shape index (κ1) is 23.8. The number of hydrogen-bond donors (Lipinski definition) is 4. The predicted molar refractivity (Wildman–Crippen MR) is 139 cm³/mol. The van der Waals surface area contributed by atoms with Gasteiger partial charge in [0, 0.05) is 18.6 Å². The monoisotopic (exact) mass is 457 g/mol. The molecule has 0 spiro atoms. The Bertz CT molecular complexity index is 1080. The Morgan fingerprint density at radius 2 is 1.65 bits per heavy atom. The van der Waals surface area contributed by atoms with E-state index in [9.17, 15) is 4.79 Å². The fourth-order valence-corrected chi connectivity index (χ4v) is 4.45. The molecule has 4 rings (SSSR count). The van der Waals surface area contributed by atoms with Crippen LogP contribution in [-0.2, 0) is 12.1 Å². The van der Waals surface area contributed by atoms with E-state index in [0.29, 0.717) is 17.9 Å². The van der Waals surface area contributed by atoms with Crippen LogP contribution >= 0.6 is 0 Å². The van der Waals surface area contributed by atoms with Gasteiger partial charge in [0.05, 0.1) is 11.1 Å². The zero-order chi connectivity index (χ0) is 24.0. The number of nitrogens with zero attached hydrogens (tertiary/aromatic N) is 1. The number of carbonyl (C=O) groups is 1. The van der Waals surface area contributed by atoms with Crippen molar-refractivity contribution in [3.63, 3.8) is 0 Å². The maximum absolute atomic E-state index is 13.4. The molecule has 0 unspecified atom stereocenters. The summed E-state index contributed by atoms with van der Waals surface area (Å²) in [5.41, 5.74) is 8.48. The minimum absolute atomic E-state index is 0.117. The van der Waals surface area contributed by atoms with E-state index in [0.717, 1.165) is 29.8 Å². The Morgan fingerprint density at radius 1 is 0.971 bits per heavy atom. The molecule has 1 aliphatic carbocycles. The van der Waals surface area contributed by atoms with Gasteiger partial charge in [-0.3, -0.25) is 4.79 Å². The molecule has 3 aromatic rings. The van der Waals surface area contributed by atoms with Gasteiger partial charge in [-0.25, -0.2) is 4.98 Å². The first-order chi connectivity index (χ1) is 16.4. The van der Waals surface area contributed by atoms with Crippen LogP contribution in [0.15, 0.2) is 72.8 Å². The Balaban J connectivity index is 1.57. The van der Waals surface area contributed by atoms with Crippen molar-refractivity contribution in [1.29, 1.82) is 0 Å². The molecule has 6 heteroatoms. The normalized spacial score (nSPS) is 18.2. The minimum atomic E-state index is -0.527. The summed E-state index contributed by atoms with van der Waals surface area (Å²) in [5.74, 6) is 1.12. The van der Waals surface area contributed by atoms with Crippen molar-refractivity contribution < 1.29 is 4.79 Å². The van der Waals surface area contributed by atoms with Crippen LogP contribution in [-0.4, -0.2) is 23.0 Å². The predicted octanol–water partition coefficient (Wildman–Crippen LogP) is 5.04. The number of pyridine rings is 1. The van der Waals surface area contributed by atoms with Crippen LogP contribution in [0.4, 0.5) is 11.6 Å². The fraction of sp³-hybridized carbons (Fsp3) is 0.357. The highest BCUT2D eigenvalue weighted by Crippen LogP contribution is 2.25. The average molecular weight is 458 g/mol. The number of nitrogens with two attached hydrogens (primary N) is 1. The first-order valence-electron chi connectivity index (χ1n) is 12.1. The molecule has 1 heterocycles. The van der Waals surface area contributed by atoms with Gasteiger partial charge in [-0.15, -0.1) is 0 Å². The third kappa shape index (κ3) is 5.94. The maximum Gasteiger partial charge on any atom is 0.255 e. The minimum Gasteiger partial charge on any atom is -0.366 e. The largest absolute Gasteiger partial charge is 0.366 e. The van der Waals surface area contributed by atoms with E-state index < -0.39 is 5.54 Å². The average Bonchev–Trinajstić information content (AvgIpc) is 2.85. The lowest BCUT2D eigenvalue weighted by Crippen LogP contribution is -2.43. The molecule has 34 heavy (non-hydrogen) atoms. The van der Waals surface area contributed by atoms with E-state index in [4.69, 9.17) is 10.7 Å². The molecule has 2 aromatic carbocycles. The number of amides is 1. The third-order valence-electron chi connectivity index (χ3n) is 6.52. The van der Waals surface area contributed by atoms with E-state index in [2.05, 4.69) is 28.1 Å². The standard InChI is InChI=1S/C28H35N5O/c1-28(2,21-13-7-4-8-14-21)33-27(34)22-17-18-25(31-24-16-10-9-15-23(24)29)32-26(22)30-19-20-11-5-3-6-12-20/h3-8,11-14,17-18,23-24H,9-10,15-16,19,29H2,1-2H3,(H,33,34)(H2,30,31,32)/t23-,24+/m1/s1. The van der Waals surface area contributed by atoms with Crippen LogP contribution < -0.4 is 21.7 Å². The number of hydrogen-bond acceptors (Lipinski definition) is 5. The molecule has 1 aromatic heterocycles.